The third kappa shape index (κ3) is 4.27. The van der Waals surface area contributed by atoms with E-state index >= 15 is 0 Å². The molecular formula is C22H26N6O3. The molecule has 3 aromatic rings. The monoisotopic (exact) mass is 422 g/mol. The normalized spacial score (nSPS) is 18.1. The Morgan fingerprint density at radius 2 is 1.94 bits per heavy atom. The molecule has 31 heavy (non-hydrogen) atoms. The maximum absolute atomic E-state index is 13.1. The molecule has 1 aliphatic heterocycles. The Labute approximate surface area is 180 Å². The SMILES string of the molecule is CC1(C)CC(NC(=O)c2cnn3c(-c4cccc([N+](=O)[O-])c4)ccnc23)CC(C)(C)N1. The minimum atomic E-state index is -0.439. The quantitative estimate of drug-likeness (QED) is 0.492. The van der Waals surface area contributed by atoms with Crippen molar-refractivity contribution in [1.82, 2.24) is 25.2 Å². The van der Waals surface area contributed by atoms with Crippen LogP contribution in [0.4, 0.5) is 5.69 Å². The van der Waals surface area contributed by atoms with Crippen molar-refractivity contribution in [3.05, 3.63) is 58.4 Å². The van der Waals surface area contributed by atoms with E-state index in [4.69, 9.17) is 0 Å². The summed E-state index contributed by atoms with van der Waals surface area (Å²) in [5.41, 5.74) is 1.84. The number of nitrogens with zero attached hydrogens (tertiary/aromatic N) is 4. The van der Waals surface area contributed by atoms with Crippen LogP contribution in [-0.4, -0.2) is 42.5 Å². The highest BCUT2D eigenvalue weighted by Gasteiger charge is 2.38. The molecule has 1 fully saturated rings. The predicted molar refractivity (Wildman–Crippen MR) is 117 cm³/mol. The zero-order valence-corrected chi connectivity index (χ0v) is 18.0. The number of piperidine rings is 1. The van der Waals surface area contributed by atoms with Crippen LogP contribution in [0.2, 0.25) is 0 Å². The molecule has 2 N–H and O–H groups in total. The van der Waals surface area contributed by atoms with Gasteiger partial charge in [-0.15, -0.1) is 0 Å². The maximum Gasteiger partial charge on any atom is 0.270 e. The number of nitrogens with one attached hydrogen (secondary N) is 2. The molecule has 3 heterocycles. The Balaban J connectivity index is 1.64. The van der Waals surface area contributed by atoms with Gasteiger partial charge < -0.3 is 10.6 Å². The number of nitro benzene ring substituents is 1. The molecule has 162 valence electrons. The van der Waals surface area contributed by atoms with E-state index in [1.807, 2.05) is 0 Å². The van der Waals surface area contributed by atoms with Crippen LogP contribution in [0.1, 0.15) is 50.9 Å². The van der Waals surface area contributed by atoms with Crippen molar-refractivity contribution < 1.29 is 9.72 Å². The Kier molecular flexibility index (Phi) is 5.01. The number of non-ortho nitro benzene ring substituents is 1. The Bertz CT molecular complexity index is 1150. The first-order chi connectivity index (χ1) is 14.5. The molecule has 1 aliphatic rings. The van der Waals surface area contributed by atoms with Gasteiger partial charge in [0, 0.05) is 41.0 Å². The largest absolute Gasteiger partial charge is 0.349 e. The smallest absolute Gasteiger partial charge is 0.270 e. The van der Waals surface area contributed by atoms with E-state index in [-0.39, 0.29) is 28.7 Å². The van der Waals surface area contributed by atoms with Crippen LogP contribution in [0, 0.1) is 10.1 Å². The summed E-state index contributed by atoms with van der Waals surface area (Å²) in [4.78, 5) is 28.1. The summed E-state index contributed by atoms with van der Waals surface area (Å²) >= 11 is 0. The summed E-state index contributed by atoms with van der Waals surface area (Å²) in [5.74, 6) is -0.225. The average Bonchev–Trinajstić information content (AvgIpc) is 3.09. The summed E-state index contributed by atoms with van der Waals surface area (Å²) in [6.45, 7) is 8.54. The van der Waals surface area contributed by atoms with Gasteiger partial charge in [-0.05, 0) is 46.6 Å². The summed E-state index contributed by atoms with van der Waals surface area (Å²) in [6.07, 6.45) is 4.70. The van der Waals surface area contributed by atoms with Crippen molar-refractivity contribution in [2.45, 2.75) is 57.7 Å². The second-order valence-corrected chi connectivity index (χ2v) is 9.40. The number of hydrogen-bond acceptors (Lipinski definition) is 6. The zero-order valence-electron chi connectivity index (χ0n) is 18.0. The molecule has 2 aromatic heterocycles. The van der Waals surface area contributed by atoms with Crippen LogP contribution in [0.15, 0.2) is 42.7 Å². The van der Waals surface area contributed by atoms with Gasteiger partial charge in [-0.2, -0.15) is 5.10 Å². The number of fused-ring (bicyclic) bond motifs is 1. The lowest BCUT2D eigenvalue weighted by atomic mass is 9.79. The van der Waals surface area contributed by atoms with Gasteiger partial charge in [0.15, 0.2) is 5.65 Å². The minimum absolute atomic E-state index is 0.0104. The first kappa shape index (κ1) is 20.9. The Morgan fingerprint density at radius 3 is 2.61 bits per heavy atom. The molecule has 1 aromatic carbocycles. The molecule has 9 heteroatoms. The first-order valence-corrected chi connectivity index (χ1v) is 10.2. The Hall–Kier alpha value is -3.33. The molecular weight excluding hydrogens is 396 g/mol. The van der Waals surface area contributed by atoms with Crippen LogP contribution >= 0.6 is 0 Å². The van der Waals surface area contributed by atoms with E-state index < -0.39 is 4.92 Å². The van der Waals surface area contributed by atoms with E-state index in [1.54, 1.807) is 28.9 Å². The molecule has 4 rings (SSSR count). The fraction of sp³-hybridized carbons (Fsp3) is 0.409. The molecule has 1 amide bonds. The molecule has 0 radical (unpaired) electrons. The lowest BCUT2D eigenvalue weighted by Crippen LogP contribution is -2.62. The molecule has 0 atom stereocenters. The Morgan fingerprint density at radius 1 is 1.23 bits per heavy atom. The van der Waals surface area contributed by atoms with E-state index in [2.05, 4.69) is 48.4 Å². The molecule has 0 aliphatic carbocycles. The van der Waals surface area contributed by atoms with Crippen LogP contribution in [0.3, 0.4) is 0 Å². The highest BCUT2D eigenvalue weighted by Crippen LogP contribution is 2.29. The van der Waals surface area contributed by atoms with Crippen molar-refractivity contribution >= 4 is 17.2 Å². The summed E-state index contributed by atoms with van der Waals surface area (Å²) in [6, 6.07) is 8.05. The fourth-order valence-electron chi connectivity index (χ4n) is 4.74. The number of benzene rings is 1. The lowest BCUT2D eigenvalue weighted by Gasteiger charge is -2.46. The molecule has 9 nitrogen and oxygen atoms in total. The maximum atomic E-state index is 13.1. The number of rotatable bonds is 4. The van der Waals surface area contributed by atoms with Crippen molar-refractivity contribution in [2.24, 2.45) is 0 Å². The predicted octanol–water partition coefficient (Wildman–Crippen LogP) is 3.34. The fourth-order valence-corrected chi connectivity index (χ4v) is 4.74. The molecule has 0 bridgehead atoms. The minimum Gasteiger partial charge on any atom is -0.349 e. The number of hydrogen-bond donors (Lipinski definition) is 2. The van der Waals surface area contributed by atoms with Crippen LogP contribution in [-0.2, 0) is 0 Å². The van der Waals surface area contributed by atoms with Crippen LogP contribution in [0.5, 0.6) is 0 Å². The van der Waals surface area contributed by atoms with Gasteiger partial charge in [0.1, 0.15) is 5.56 Å². The number of nitro groups is 1. The third-order valence-electron chi connectivity index (χ3n) is 5.52. The van der Waals surface area contributed by atoms with Gasteiger partial charge in [0.2, 0.25) is 0 Å². The lowest BCUT2D eigenvalue weighted by molar-refractivity contribution is -0.384. The number of amides is 1. The van der Waals surface area contributed by atoms with Crippen molar-refractivity contribution in [3.63, 3.8) is 0 Å². The van der Waals surface area contributed by atoms with Gasteiger partial charge in [0.05, 0.1) is 16.8 Å². The van der Waals surface area contributed by atoms with E-state index in [0.29, 0.717) is 22.5 Å². The molecule has 1 saturated heterocycles. The van der Waals surface area contributed by atoms with Crippen LogP contribution in [0.25, 0.3) is 16.9 Å². The second kappa shape index (κ2) is 7.42. The second-order valence-electron chi connectivity index (χ2n) is 9.40. The zero-order chi connectivity index (χ0) is 22.4. The van der Waals surface area contributed by atoms with Gasteiger partial charge in [0.25, 0.3) is 11.6 Å². The first-order valence-electron chi connectivity index (χ1n) is 10.2. The summed E-state index contributed by atoms with van der Waals surface area (Å²) in [5, 5.41) is 22.2. The molecule has 0 saturated carbocycles. The van der Waals surface area contributed by atoms with Crippen molar-refractivity contribution in [1.29, 1.82) is 0 Å². The molecule has 0 unspecified atom stereocenters. The average molecular weight is 422 g/mol. The number of aromatic nitrogens is 3. The van der Waals surface area contributed by atoms with E-state index in [1.165, 1.54) is 18.3 Å². The summed E-state index contributed by atoms with van der Waals surface area (Å²) < 4.78 is 1.55. The van der Waals surface area contributed by atoms with Crippen molar-refractivity contribution in [2.75, 3.05) is 0 Å². The number of carbonyl (C=O) groups excluding carboxylic acids is 1. The highest BCUT2D eigenvalue weighted by molar-refractivity contribution is 6.00. The number of carbonyl (C=O) groups is 1. The van der Waals surface area contributed by atoms with Gasteiger partial charge >= 0.3 is 0 Å². The molecule has 0 spiro atoms. The third-order valence-corrected chi connectivity index (χ3v) is 5.52. The van der Waals surface area contributed by atoms with E-state index in [0.717, 1.165) is 12.8 Å². The summed E-state index contributed by atoms with van der Waals surface area (Å²) in [7, 11) is 0. The van der Waals surface area contributed by atoms with Gasteiger partial charge in [-0.25, -0.2) is 9.50 Å². The van der Waals surface area contributed by atoms with Gasteiger partial charge in [-0.3, -0.25) is 14.9 Å². The topological polar surface area (TPSA) is 114 Å². The van der Waals surface area contributed by atoms with Crippen molar-refractivity contribution in [3.8, 4) is 11.3 Å². The van der Waals surface area contributed by atoms with Crippen LogP contribution < -0.4 is 10.6 Å². The van der Waals surface area contributed by atoms with E-state index in [9.17, 15) is 14.9 Å². The van der Waals surface area contributed by atoms with Gasteiger partial charge in [-0.1, -0.05) is 12.1 Å². The highest BCUT2D eigenvalue weighted by atomic mass is 16.6. The standard InChI is InChI=1S/C22H26N6O3/c1-21(2)11-15(12-22(3,4)26-21)25-20(29)17-13-24-27-18(8-9-23-19(17)27)14-6-5-7-16(10-14)28(30)31/h5-10,13,15,26H,11-12H2,1-4H3,(H,25,29).